The van der Waals surface area contributed by atoms with Crippen molar-refractivity contribution in [3.05, 3.63) is 35.3 Å². The number of rotatable bonds is 8. The van der Waals surface area contributed by atoms with Gasteiger partial charge in [0.1, 0.15) is 16.8 Å². The van der Waals surface area contributed by atoms with Crippen LogP contribution in [0.4, 0.5) is 0 Å². The summed E-state index contributed by atoms with van der Waals surface area (Å²) in [7, 11) is 1.61. The number of carboxylic acids is 1. The van der Waals surface area contributed by atoms with Gasteiger partial charge in [-0.1, -0.05) is 20.3 Å². The van der Waals surface area contributed by atoms with Crippen LogP contribution in [0.25, 0.3) is 10.6 Å². The molecular formula is C18H22N2O4S. The van der Waals surface area contributed by atoms with Gasteiger partial charge in [0, 0.05) is 10.9 Å². The standard InChI is InChI=1S/C18H22N2O4S/c1-4-11(2)16(18(22)23)20-15(21)9-13-10-25-17(19-13)12-5-7-14(24-3)8-6-12/h5-8,10-11,16H,4,9H2,1-3H3,(H,20,21)(H,22,23)/t11-,16+/m0/s1. The molecular weight excluding hydrogens is 340 g/mol. The zero-order chi connectivity index (χ0) is 18.4. The maximum atomic E-state index is 12.2. The summed E-state index contributed by atoms with van der Waals surface area (Å²) in [6.07, 6.45) is 0.739. The van der Waals surface area contributed by atoms with Crippen molar-refractivity contribution in [1.29, 1.82) is 0 Å². The lowest BCUT2D eigenvalue weighted by Crippen LogP contribution is -2.45. The van der Waals surface area contributed by atoms with E-state index in [1.54, 1.807) is 7.11 Å². The lowest BCUT2D eigenvalue weighted by molar-refractivity contribution is -0.143. The van der Waals surface area contributed by atoms with Gasteiger partial charge in [0.15, 0.2) is 0 Å². The first-order valence-corrected chi connectivity index (χ1v) is 8.93. The second-order valence-electron chi connectivity index (χ2n) is 5.82. The Morgan fingerprint density at radius 2 is 2.00 bits per heavy atom. The van der Waals surface area contributed by atoms with E-state index in [2.05, 4.69) is 10.3 Å². The maximum Gasteiger partial charge on any atom is 0.326 e. The molecule has 0 fully saturated rings. The first-order chi connectivity index (χ1) is 11.9. The van der Waals surface area contributed by atoms with Gasteiger partial charge in [-0.15, -0.1) is 11.3 Å². The van der Waals surface area contributed by atoms with Crippen LogP contribution in [0.5, 0.6) is 5.75 Å². The van der Waals surface area contributed by atoms with Gasteiger partial charge in [-0.05, 0) is 30.2 Å². The van der Waals surface area contributed by atoms with E-state index in [-0.39, 0.29) is 18.2 Å². The zero-order valence-electron chi connectivity index (χ0n) is 14.5. The Bertz CT molecular complexity index is 727. The summed E-state index contributed by atoms with van der Waals surface area (Å²) in [4.78, 5) is 27.9. The third kappa shape index (κ3) is 5.03. The highest BCUT2D eigenvalue weighted by Gasteiger charge is 2.25. The minimum atomic E-state index is -1.01. The van der Waals surface area contributed by atoms with Crippen molar-refractivity contribution < 1.29 is 19.4 Å². The van der Waals surface area contributed by atoms with E-state index in [0.717, 1.165) is 16.3 Å². The first kappa shape index (κ1) is 18.9. The van der Waals surface area contributed by atoms with Crippen molar-refractivity contribution in [2.45, 2.75) is 32.7 Å². The summed E-state index contributed by atoms with van der Waals surface area (Å²) in [6.45, 7) is 3.71. The molecule has 0 aliphatic rings. The second-order valence-corrected chi connectivity index (χ2v) is 6.68. The summed E-state index contributed by atoms with van der Waals surface area (Å²) in [6, 6.07) is 6.65. The number of amides is 1. The number of carboxylic acid groups (broad SMARTS) is 1. The van der Waals surface area contributed by atoms with E-state index in [0.29, 0.717) is 12.1 Å². The molecule has 1 heterocycles. The molecule has 0 unspecified atom stereocenters. The Morgan fingerprint density at radius 1 is 1.32 bits per heavy atom. The number of carbonyl (C=O) groups is 2. The highest BCUT2D eigenvalue weighted by atomic mass is 32.1. The molecule has 0 bridgehead atoms. The molecule has 0 saturated heterocycles. The lowest BCUT2D eigenvalue weighted by atomic mass is 9.99. The average Bonchev–Trinajstić information content (AvgIpc) is 3.07. The highest BCUT2D eigenvalue weighted by Crippen LogP contribution is 2.25. The molecule has 0 spiro atoms. The molecule has 2 aromatic rings. The molecule has 2 rings (SSSR count). The van der Waals surface area contributed by atoms with Crippen LogP contribution in [-0.2, 0) is 16.0 Å². The summed E-state index contributed by atoms with van der Waals surface area (Å²) in [5.41, 5.74) is 1.57. The van der Waals surface area contributed by atoms with Gasteiger partial charge >= 0.3 is 5.97 Å². The van der Waals surface area contributed by atoms with Crippen molar-refractivity contribution in [2.24, 2.45) is 5.92 Å². The number of nitrogens with one attached hydrogen (secondary N) is 1. The normalized spacial score (nSPS) is 13.1. The molecule has 7 heteroatoms. The Kier molecular flexibility index (Phi) is 6.52. The van der Waals surface area contributed by atoms with Crippen molar-refractivity contribution in [3.63, 3.8) is 0 Å². The summed E-state index contributed by atoms with van der Waals surface area (Å²) in [5, 5.41) is 14.5. The molecule has 25 heavy (non-hydrogen) atoms. The molecule has 0 radical (unpaired) electrons. The van der Waals surface area contributed by atoms with E-state index in [9.17, 15) is 14.7 Å². The van der Waals surface area contributed by atoms with Crippen molar-refractivity contribution in [3.8, 4) is 16.3 Å². The Labute approximate surface area is 150 Å². The van der Waals surface area contributed by atoms with Crippen LogP contribution >= 0.6 is 11.3 Å². The van der Waals surface area contributed by atoms with Crippen LogP contribution in [0.1, 0.15) is 26.0 Å². The number of hydrogen-bond acceptors (Lipinski definition) is 5. The van der Waals surface area contributed by atoms with E-state index in [1.165, 1.54) is 11.3 Å². The third-order valence-corrected chi connectivity index (χ3v) is 4.97. The van der Waals surface area contributed by atoms with Crippen LogP contribution in [0, 0.1) is 5.92 Å². The smallest absolute Gasteiger partial charge is 0.326 e. The fourth-order valence-corrected chi connectivity index (χ4v) is 3.15. The van der Waals surface area contributed by atoms with E-state index >= 15 is 0 Å². The number of carbonyl (C=O) groups excluding carboxylic acids is 1. The summed E-state index contributed by atoms with van der Waals surface area (Å²) < 4.78 is 5.13. The van der Waals surface area contributed by atoms with E-state index < -0.39 is 12.0 Å². The van der Waals surface area contributed by atoms with Crippen LogP contribution in [-0.4, -0.2) is 35.1 Å². The molecule has 0 aliphatic heterocycles. The quantitative estimate of drug-likeness (QED) is 0.754. The molecule has 0 aliphatic carbocycles. The van der Waals surface area contributed by atoms with Crippen LogP contribution in [0.2, 0.25) is 0 Å². The molecule has 2 N–H and O–H groups in total. The number of thiazole rings is 1. The third-order valence-electron chi connectivity index (χ3n) is 4.03. The Hall–Kier alpha value is -2.41. The van der Waals surface area contributed by atoms with Crippen molar-refractivity contribution in [2.75, 3.05) is 7.11 Å². The Morgan fingerprint density at radius 3 is 2.56 bits per heavy atom. The van der Waals surface area contributed by atoms with Gasteiger partial charge in [-0.25, -0.2) is 9.78 Å². The van der Waals surface area contributed by atoms with Crippen molar-refractivity contribution >= 4 is 23.2 Å². The maximum absolute atomic E-state index is 12.2. The van der Waals surface area contributed by atoms with Crippen LogP contribution in [0.3, 0.4) is 0 Å². The lowest BCUT2D eigenvalue weighted by Gasteiger charge is -2.19. The predicted octanol–water partition coefficient (Wildman–Crippen LogP) is 2.98. The fourth-order valence-electron chi connectivity index (χ4n) is 2.33. The molecule has 6 nitrogen and oxygen atoms in total. The van der Waals surface area contributed by atoms with E-state index in [4.69, 9.17) is 4.74 Å². The fraction of sp³-hybridized carbons (Fsp3) is 0.389. The monoisotopic (exact) mass is 362 g/mol. The molecule has 2 atom stereocenters. The Balaban J connectivity index is 2.02. The van der Waals surface area contributed by atoms with Gasteiger partial charge in [0.2, 0.25) is 5.91 Å². The summed E-state index contributed by atoms with van der Waals surface area (Å²) >= 11 is 1.45. The van der Waals surface area contributed by atoms with Gasteiger partial charge in [-0.3, -0.25) is 4.79 Å². The first-order valence-electron chi connectivity index (χ1n) is 8.05. The number of aliphatic carboxylic acids is 1. The molecule has 0 saturated carbocycles. The predicted molar refractivity (Wildman–Crippen MR) is 96.8 cm³/mol. The van der Waals surface area contributed by atoms with Gasteiger partial charge in [0.05, 0.1) is 19.2 Å². The number of hydrogen-bond donors (Lipinski definition) is 2. The zero-order valence-corrected chi connectivity index (χ0v) is 15.3. The van der Waals surface area contributed by atoms with Gasteiger partial charge < -0.3 is 15.2 Å². The number of aromatic nitrogens is 1. The minimum absolute atomic E-state index is 0.0624. The summed E-state index contributed by atoms with van der Waals surface area (Å²) in [5.74, 6) is -0.712. The highest BCUT2D eigenvalue weighted by molar-refractivity contribution is 7.13. The second kappa shape index (κ2) is 8.62. The molecule has 134 valence electrons. The van der Waals surface area contributed by atoms with Crippen molar-refractivity contribution in [1.82, 2.24) is 10.3 Å². The molecule has 1 aromatic carbocycles. The minimum Gasteiger partial charge on any atom is -0.497 e. The number of methoxy groups -OCH3 is 1. The molecule has 1 amide bonds. The number of benzene rings is 1. The average molecular weight is 362 g/mol. The van der Waals surface area contributed by atoms with Gasteiger partial charge in [-0.2, -0.15) is 0 Å². The largest absolute Gasteiger partial charge is 0.497 e. The SMILES string of the molecule is CC[C@H](C)[C@@H](NC(=O)Cc1csc(-c2ccc(OC)cc2)n1)C(=O)O. The van der Waals surface area contributed by atoms with Crippen LogP contribution < -0.4 is 10.1 Å². The van der Waals surface area contributed by atoms with Gasteiger partial charge in [0.25, 0.3) is 0 Å². The van der Waals surface area contributed by atoms with E-state index in [1.807, 2.05) is 43.5 Å². The number of nitrogens with zero attached hydrogens (tertiary/aromatic N) is 1. The topological polar surface area (TPSA) is 88.5 Å². The van der Waals surface area contributed by atoms with Crippen LogP contribution in [0.15, 0.2) is 29.6 Å². The number of ether oxygens (including phenoxy) is 1. The molecule has 1 aromatic heterocycles.